The van der Waals surface area contributed by atoms with Gasteiger partial charge >= 0.3 is 0 Å². The monoisotopic (exact) mass is 347 g/mol. The molecule has 2 unspecified atom stereocenters. The van der Waals surface area contributed by atoms with E-state index in [2.05, 4.69) is 40.2 Å². The van der Waals surface area contributed by atoms with E-state index in [-0.39, 0.29) is 11.9 Å². The summed E-state index contributed by atoms with van der Waals surface area (Å²) < 4.78 is 14.8. The van der Waals surface area contributed by atoms with Crippen molar-refractivity contribution in [2.45, 2.75) is 37.6 Å². The van der Waals surface area contributed by atoms with E-state index in [4.69, 9.17) is 5.73 Å². The molecule has 0 bridgehead atoms. The molecular weight excluding hydrogens is 329 g/mol. The Morgan fingerprint density at radius 2 is 2.05 bits per heavy atom. The van der Waals surface area contributed by atoms with Crippen molar-refractivity contribution in [2.24, 2.45) is 5.73 Å². The minimum absolute atomic E-state index is 0.0461. The molecule has 1 nitrogen and oxygen atoms in total. The summed E-state index contributed by atoms with van der Waals surface area (Å²) >= 11 is 3.40. The molecule has 1 aliphatic carbocycles. The zero-order valence-electron chi connectivity index (χ0n) is 11.9. The highest BCUT2D eigenvalue weighted by molar-refractivity contribution is 9.10. The molecule has 0 saturated heterocycles. The van der Waals surface area contributed by atoms with Gasteiger partial charge in [0.25, 0.3) is 0 Å². The van der Waals surface area contributed by atoms with Crippen LogP contribution in [-0.4, -0.2) is 6.04 Å². The van der Waals surface area contributed by atoms with Crippen molar-refractivity contribution >= 4 is 15.9 Å². The Bertz CT molecular complexity index is 641. The molecule has 0 spiro atoms. The summed E-state index contributed by atoms with van der Waals surface area (Å²) in [5, 5.41) is 0. The number of halogens is 2. The van der Waals surface area contributed by atoms with Crippen LogP contribution in [0.25, 0.3) is 0 Å². The molecule has 110 valence electrons. The molecule has 3 heteroatoms. The molecule has 21 heavy (non-hydrogen) atoms. The number of hydrogen-bond acceptors (Lipinski definition) is 1. The first-order valence-corrected chi connectivity index (χ1v) is 8.22. The van der Waals surface area contributed by atoms with E-state index in [1.165, 1.54) is 17.2 Å². The largest absolute Gasteiger partial charge is 0.327 e. The molecule has 2 aromatic carbocycles. The highest BCUT2D eigenvalue weighted by Gasteiger charge is 2.26. The van der Waals surface area contributed by atoms with Crippen molar-refractivity contribution in [1.29, 1.82) is 0 Å². The van der Waals surface area contributed by atoms with Crippen LogP contribution in [0.4, 0.5) is 4.39 Å². The summed E-state index contributed by atoms with van der Waals surface area (Å²) in [7, 11) is 0. The van der Waals surface area contributed by atoms with Crippen LogP contribution in [0.1, 0.15) is 35.4 Å². The van der Waals surface area contributed by atoms with Crippen molar-refractivity contribution in [3.63, 3.8) is 0 Å². The first kappa shape index (κ1) is 14.7. The van der Waals surface area contributed by atoms with Crippen LogP contribution < -0.4 is 5.73 Å². The van der Waals surface area contributed by atoms with E-state index in [1.807, 2.05) is 6.07 Å². The van der Waals surface area contributed by atoms with Crippen molar-refractivity contribution < 1.29 is 4.39 Å². The van der Waals surface area contributed by atoms with Crippen molar-refractivity contribution in [3.05, 3.63) is 69.4 Å². The van der Waals surface area contributed by atoms with E-state index in [0.717, 1.165) is 23.7 Å². The van der Waals surface area contributed by atoms with E-state index >= 15 is 0 Å². The van der Waals surface area contributed by atoms with Crippen LogP contribution in [-0.2, 0) is 12.8 Å². The summed E-state index contributed by atoms with van der Waals surface area (Å²) in [6.45, 7) is 0. The van der Waals surface area contributed by atoms with Gasteiger partial charge in [-0.05, 0) is 66.5 Å². The van der Waals surface area contributed by atoms with E-state index in [9.17, 15) is 4.39 Å². The number of aryl methyl sites for hydroxylation is 1. The third kappa shape index (κ3) is 3.19. The third-order valence-electron chi connectivity index (χ3n) is 4.40. The average molecular weight is 348 g/mol. The van der Waals surface area contributed by atoms with Crippen molar-refractivity contribution in [2.75, 3.05) is 0 Å². The number of hydrogen-bond donors (Lipinski definition) is 1. The third-order valence-corrected chi connectivity index (χ3v) is 4.89. The molecular formula is C18H19BrFN. The molecule has 3 rings (SSSR count). The maximum atomic E-state index is 13.9. The normalized spacial score (nSPS) is 19.1. The number of rotatable bonds is 3. The summed E-state index contributed by atoms with van der Waals surface area (Å²) in [4.78, 5) is 0. The number of benzene rings is 2. The zero-order chi connectivity index (χ0) is 14.8. The molecule has 2 atom stereocenters. The lowest BCUT2D eigenvalue weighted by atomic mass is 9.77. The lowest BCUT2D eigenvalue weighted by Gasteiger charge is -2.30. The average Bonchev–Trinajstić information content (AvgIpc) is 2.50. The van der Waals surface area contributed by atoms with Gasteiger partial charge in [0, 0.05) is 10.5 Å². The molecule has 0 aliphatic heterocycles. The minimum atomic E-state index is -0.169. The number of fused-ring (bicyclic) bond motifs is 1. The number of nitrogens with two attached hydrogens (primary N) is 1. The highest BCUT2D eigenvalue weighted by atomic mass is 79.9. The predicted octanol–water partition coefficient (Wildman–Crippen LogP) is 4.58. The molecule has 0 amide bonds. The van der Waals surface area contributed by atoms with Gasteiger partial charge in [0.15, 0.2) is 0 Å². The van der Waals surface area contributed by atoms with Crippen LogP contribution >= 0.6 is 15.9 Å². The molecule has 1 aliphatic rings. The van der Waals surface area contributed by atoms with Gasteiger partial charge < -0.3 is 5.73 Å². The Hall–Kier alpha value is -1.19. The zero-order valence-corrected chi connectivity index (χ0v) is 13.4. The second kappa shape index (κ2) is 6.29. The summed E-state index contributed by atoms with van der Waals surface area (Å²) in [6.07, 6.45) is 3.96. The molecule has 2 N–H and O–H groups in total. The Morgan fingerprint density at radius 1 is 1.24 bits per heavy atom. The highest BCUT2D eigenvalue weighted by Crippen LogP contribution is 2.34. The Balaban J connectivity index is 1.83. The molecule has 0 heterocycles. The fourth-order valence-electron chi connectivity index (χ4n) is 3.33. The van der Waals surface area contributed by atoms with E-state index in [1.54, 1.807) is 6.07 Å². The fraction of sp³-hybridized carbons (Fsp3) is 0.333. The minimum Gasteiger partial charge on any atom is -0.327 e. The lowest BCUT2D eigenvalue weighted by molar-refractivity contribution is 0.454. The molecule has 2 aromatic rings. The molecule has 0 saturated carbocycles. The smallest absolute Gasteiger partial charge is 0.126 e. The summed E-state index contributed by atoms with van der Waals surface area (Å²) in [6, 6.07) is 13.5. The van der Waals surface area contributed by atoms with Gasteiger partial charge in [0.05, 0.1) is 0 Å². The van der Waals surface area contributed by atoms with Crippen molar-refractivity contribution in [1.82, 2.24) is 0 Å². The Morgan fingerprint density at radius 3 is 2.90 bits per heavy atom. The topological polar surface area (TPSA) is 26.0 Å². The first-order chi connectivity index (χ1) is 10.1. The predicted molar refractivity (Wildman–Crippen MR) is 87.9 cm³/mol. The van der Waals surface area contributed by atoms with Gasteiger partial charge in [0.2, 0.25) is 0 Å². The van der Waals surface area contributed by atoms with Gasteiger partial charge in [-0.25, -0.2) is 4.39 Å². The SMILES string of the molecule is NC(Cc1cc(Br)ccc1F)C1CCCc2ccccc21. The second-order valence-corrected chi connectivity index (χ2v) is 6.72. The van der Waals surface area contributed by atoms with Crippen LogP contribution in [0, 0.1) is 5.82 Å². The van der Waals surface area contributed by atoms with Gasteiger partial charge in [-0.3, -0.25) is 0 Å². The van der Waals surface area contributed by atoms with Gasteiger partial charge in [-0.2, -0.15) is 0 Å². The van der Waals surface area contributed by atoms with Crippen LogP contribution in [0.5, 0.6) is 0 Å². The van der Waals surface area contributed by atoms with Crippen LogP contribution in [0.15, 0.2) is 46.9 Å². The van der Waals surface area contributed by atoms with Gasteiger partial charge in [0.1, 0.15) is 5.82 Å². The standard InChI is InChI=1S/C18H19BrFN/c19-14-8-9-17(20)13(10-14)11-18(21)16-7-3-5-12-4-1-2-6-15(12)16/h1-2,4,6,8-10,16,18H,3,5,7,11,21H2. The van der Waals surface area contributed by atoms with Gasteiger partial charge in [-0.15, -0.1) is 0 Å². The molecule has 0 radical (unpaired) electrons. The summed E-state index contributed by atoms with van der Waals surface area (Å²) in [5.41, 5.74) is 9.88. The fourth-order valence-corrected chi connectivity index (χ4v) is 3.74. The van der Waals surface area contributed by atoms with Crippen LogP contribution in [0.3, 0.4) is 0 Å². The molecule has 0 fully saturated rings. The van der Waals surface area contributed by atoms with E-state index < -0.39 is 0 Å². The first-order valence-electron chi connectivity index (χ1n) is 7.42. The van der Waals surface area contributed by atoms with E-state index in [0.29, 0.717) is 17.9 Å². The Kier molecular flexibility index (Phi) is 4.41. The maximum absolute atomic E-state index is 13.9. The summed E-state index contributed by atoms with van der Waals surface area (Å²) in [5.74, 6) is 0.158. The lowest BCUT2D eigenvalue weighted by Crippen LogP contribution is -2.33. The quantitative estimate of drug-likeness (QED) is 0.863. The molecule has 0 aromatic heterocycles. The van der Waals surface area contributed by atoms with Crippen molar-refractivity contribution in [3.8, 4) is 0 Å². The Labute approximate surface area is 133 Å². The van der Waals surface area contributed by atoms with Crippen LogP contribution in [0.2, 0.25) is 0 Å². The van der Waals surface area contributed by atoms with Gasteiger partial charge in [-0.1, -0.05) is 40.2 Å². The maximum Gasteiger partial charge on any atom is 0.126 e. The second-order valence-electron chi connectivity index (χ2n) is 5.80.